The summed E-state index contributed by atoms with van der Waals surface area (Å²) in [4.78, 5) is 13.4. The summed E-state index contributed by atoms with van der Waals surface area (Å²) in [7, 11) is 0. The maximum atomic E-state index is 13.9. The van der Waals surface area contributed by atoms with Crippen LogP contribution in [0, 0.1) is 11.7 Å². The minimum absolute atomic E-state index is 0. The van der Waals surface area contributed by atoms with Crippen molar-refractivity contribution < 1.29 is 22.4 Å². The lowest BCUT2D eigenvalue weighted by Gasteiger charge is -2.18. The molecule has 21 heavy (non-hydrogen) atoms. The quantitative estimate of drug-likeness (QED) is 0.849. The summed E-state index contributed by atoms with van der Waals surface area (Å²) in [6.45, 7) is 1.14. The first-order valence-corrected chi connectivity index (χ1v) is 6.19. The highest BCUT2D eigenvalue weighted by molar-refractivity contribution is 5.95. The number of carbonyl (C=O) groups is 1. The zero-order chi connectivity index (χ0) is 14.9. The SMILES string of the molecule is Cl.NCC1CCN(C(=O)c2cccc(C(F)(F)F)c2F)C1. The van der Waals surface area contributed by atoms with Gasteiger partial charge in [-0.15, -0.1) is 12.4 Å². The zero-order valence-corrected chi connectivity index (χ0v) is 11.8. The van der Waals surface area contributed by atoms with Gasteiger partial charge in [0.2, 0.25) is 0 Å². The van der Waals surface area contributed by atoms with Crippen LogP contribution < -0.4 is 5.73 Å². The molecule has 1 fully saturated rings. The molecular formula is C13H15ClF4N2O. The van der Waals surface area contributed by atoms with Crippen molar-refractivity contribution in [2.45, 2.75) is 12.6 Å². The molecule has 1 aliphatic heterocycles. The lowest BCUT2D eigenvalue weighted by molar-refractivity contribution is -0.140. The van der Waals surface area contributed by atoms with Crippen molar-refractivity contribution in [3.63, 3.8) is 0 Å². The number of amides is 1. The number of rotatable bonds is 2. The number of hydrogen-bond donors (Lipinski definition) is 1. The molecule has 0 aliphatic carbocycles. The third-order valence-corrected chi connectivity index (χ3v) is 3.44. The molecule has 1 aromatic carbocycles. The van der Waals surface area contributed by atoms with E-state index in [1.165, 1.54) is 4.90 Å². The van der Waals surface area contributed by atoms with Gasteiger partial charge in [-0.25, -0.2) is 4.39 Å². The molecule has 0 saturated carbocycles. The third kappa shape index (κ3) is 3.65. The van der Waals surface area contributed by atoms with Gasteiger partial charge < -0.3 is 10.6 Å². The molecule has 2 N–H and O–H groups in total. The minimum atomic E-state index is -4.81. The van der Waals surface area contributed by atoms with Crippen molar-refractivity contribution in [2.75, 3.05) is 19.6 Å². The zero-order valence-electron chi connectivity index (χ0n) is 11.0. The van der Waals surface area contributed by atoms with Crippen molar-refractivity contribution in [3.05, 3.63) is 35.1 Å². The Morgan fingerprint density at radius 1 is 1.38 bits per heavy atom. The number of nitrogens with two attached hydrogens (primary N) is 1. The molecule has 2 rings (SSSR count). The molecule has 0 radical (unpaired) electrons. The van der Waals surface area contributed by atoms with Gasteiger partial charge in [0.05, 0.1) is 11.1 Å². The lowest BCUT2D eigenvalue weighted by Crippen LogP contribution is -2.31. The summed E-state index contributed by atoms with van der Waals surface area (Å²) in [6, 6.07) is 2.73. The number of carbonyl (C=O) groups excluding carboxylic acids is 1. The topological polar surface area (TPSA) is 46.3 Å². The molecule has 1 unspecified atom stereocenters. The van der Waals surface area contributed by atoms with Crippen molar-refractivity contribution in [1.29, 1.82) is 0 Å². The van der Waals surface area contributed by atoms with Gasteiger partial charge in [-0.2, -0.15) is 13.2 Å². The van der Waals surface area contributed by atoms with Gasteiger partial charge in [0.15, 0.2) is 0 Å². The van der Waals surface area contributed by atoms with Crippen LogP contribution in [0.25, 0.3) is 0 Å². The standard InChI is InChI=1S/C13H14F4N2O.ClH/c14-11-9(2-1-3-10(11)13(15,16)17)12(20)19-5-4-8(6-18)7-19;/h1-3,8H,4-7,18H2;1H. The molecule has 1 aromatic rings. The maximum absolute atomic E-state index is 13.9. The van der Waals surface area contributed by atoms with Gasteiger partial charge in [0, 0.05) is 13.1 Å². The van der Waals surface area contributed by atoms with Gasteiger partial charge in [0.1, 0.15) is 5.82 Å². The molecule has 1 heterocycles. The van der Waals surface area contributed by atoms with E-state index in [0.717, 1.165) is 12.1 Å². The lowest BCUT2D eigenvalue weighted by atomic mass is 10.1. The predicted molar refractivity (Wildman–Crippen MR) is 71.7 cm³/mol. The molecule has 1 amide bonds. The molecule has 1 saturated heterocycles. The molecule has 118 valence electrons. The Morgan fingerprint density at radius 3 is 2.57 bits per heavy atom. The Labute approximate surface area is 125 Å². The molecule has 3 nitrogen and oxygen atoms in total. The van der Waals surface area contributed by atoms with Gasteiger partial charge in [-0.05, 0) is 31.0 Å². The number of likely N-dealkylation sites (tertiary alicyclic amines) is 1. The van der Waals surface area contributed by atoms with Gasteiger partial charge in [-0.1, -0.05) is 6.07 Å². The van der Waals surface area contributed by atoms with Crippen molar-refractivity contribution in [1.82, 2.24) is 4.90 Å². The van der Waals surface area contributed by atoms with Crippen molar-refractivity contribution >= 4 is 18.3 Å². The van der Waals surface area contributed by atoms with Gasteiger partial charge in [0.25, 0.3) is 5.91 Å². The summed E-state index contributed by atoms with van der Waals surface area (Å²) >= 11 is 0. The first-order chi connectivity index (χ1) is 9.34. The Morgan fingerprint density at radius 2 is 2.05 bits per heavy atom. The van der Waals surface area contributed by atoms with E-state index < -0.39 is 29.0 Å². The Balaban J connectivity index is 0.00000220. The molecular weight excluding hydrogens is 312 g/mol. The van der Waals surface area contributed by atoms with Crippen LogP contribution in [0.15, 0.2) is 18.2 Å². The van der Waals surface area contributed by atoms with Gasteiger partial charge in [-0.3, -0.25) is 4.79 Å². The van der Waals surface area contributed by atoms with Crippen LogP contribution in [0.1, 0.15) is 22.3 Å². The molecule has 0 aromatic heterocycles. The van der Waals surface area contributed by atoms with E-state index in [4.69, 9.17) is 5.73 Å². The number of halogens is 5. The van der Waals surface area contributed by atoms with Gasteiger partial charge >= 0.3 is 6.18 Å². The number of alkyl halides is 3. The van der Waals surface area contributed by atoms with E-state index in [1.54, 1.807) is 0 Å². The molecule has 1 aliphatic rings. The smallest absolute Gasteiger partial charge is 0.338 e. The predicted octanol–water partition coefficient (Wildman–Crippen LogP) is 2.69. The highest BCUT2D eigenvalue weighted by atomic mass is 35.5. The Kier molecular flexibility index (Phi) is 5.58. The summed E-state index contributed by atoms with van der Waals surface area (Å²) in [5.41, 5.74) is 3.52. The second-order valence-corrected chi connectivity index (χ2v) is 4.81. The third-order valence-electron chi connectivity index (χ3n) is 3.44. The second kappa shape index (κ2) is 6.62. The first kappa shape index (κ1) is 17.7. The van der Waals surface area contributed by atoms with Crippen LogP contribution >= 0.6 is 12.4 Å². The molecule has 8 heteroatoms. The van der Waals surface area contributed by atoms with Crippen LogP contribution in [-0.2, 0) is 6.18 Å². The van der Waals surface area contributed by atoms with Crippen LogP contribution in [-0.4, -0.2) is 30.4 Å². The Hall–Kier alpha value is -1.34. The molecule has 0 bridgehead atoms. The minimum Gasteiger partial charge on any atom is -0.338 e. The monoisotopic (exact) mass is 326 g/mol. The molecule has 0 spiro atoms. The van der Waals surface area contributed by atoms with Crippen LogP contribution in [0.5, 0.6) is 0 Å². The normalized spacial score (nSPS) is 18.5. The number of hydrogen-bond acceptors (Lipinski definition) is 2. The fraction of sp³-hybridized carbons (Fsp3) is 0.462. The summed E-state index contributed by atoms with van der Waals surface area (Å²) in [5.74, 6) is -2.11. The van der Waals surface area contributed by atoms with Crippen LogP contribution in [0.2, 0.25) is 0 Å². The van der Waals surface area contributed by atoms with Crippen molar-refractivity contribution in [2.24, 2.45) is 11.7 Å². The fourth-order valence-electron chi connectivity index (χ4n) is 2.30. The summed E-state index contributed by atoms with van der Waals surface area (Å²) in [6.07, 6.45) is -4.13. The van der Waals surface area contributed by atoms with E-state index >= 15 is 0 Å². The number of benzene rings is 1. The van der Waals surface area contributed by atoms with E-state index in [1.807, 2.05) is 0 Å². The molecule has 1 atom stereocenters. The fourth-order valence-corrected chi connectivity index (χ4v) is 2.30. The second-order valence-electron chi connectivity index (χ2n) is 4.81. The van der Waals surface area contributed by atoms with E-state index in [0.29, 0.717) is 32.1 Å². The highest BCUT2D eigenvalue weighted by Gasteiger charge is 2.37. The average molecular weight is 327 g/mol. The van der Waals surface area contributed by atoms with Crippen LogP contribution in [0.3, 0.4) is 0 Å². The van der Waals surface area contributed by atoms with E-state index in [-0.39, 0.29) is 18.3 Å². The average Bonchev–Trinajstić information content (AvgIpc) is 2.85. The van der Waals surface area contributed by atoms with E-state index in [9.17, 15) is 22.4 Å². The summed E-state index contributed by atoms with van der Waals surface area (Å²) in [5, 5.41) is 0. The Bertz CT molecular complexity index is 521. The van der Waals surface area contributed by atoms with Crippen LogP contribution in [0.4, 0.5) is 17.6 Å². The largest absolute Gasteiger partial charge is 0.419 e. The summed E-state index contributed by atoms with van der Waals surface area (Å²) < 4.78 is 51.7. The number of nitrogens with zero attached hydrogens (tertiary/aromatic N) is 1. The van der Waals surface area contributed by atoms with Crippen molar-refractivity contribution in [3.8, 4) is 0 Å². The highest BCUT2D eigenvalue weighted by Crippen LogP contribution is 2.33. The van der Waals surface area contributed by atoms with E-state index in [2.05, 4.69) is 0 Å². The maximum Gasteiger partial charge on any atom is 0.419 e. The first-order valence-electron chi connectivity index (χ1n) is 6.19.